The van der Waals surface area contributed by atoms with Crippen molar-refractivity contribution in [3.63, 3.8) is 0 Å². The van der Waals surface area contributed by atoms with Gasteiger partial charge in [-0.15, -0.1) is 0 Å². The fourth-order valence-corrected chi connectivity index (χ4v) is 6.31. The van der Waals surface area contributed by atoms with E-state index in [0.29, 0.717) is 30.7 Å². The van der Waals surface area contributed by atoms with E-state index in [0.717, 1.165) is 0 Å². The summed E-state index contributed by atoms with van der Waals surface area (Å²) in [6, 6.07) is 23.1. The molecule has 0 aliphatic carbocycles. The maximum Gasteiger partial charge on any atom is 0.460 e. The first-order valence-electron chi connectivity index (χ1n) is 12.0. The van der Waals surface area contributed by atoms with E-state index in [9.17, 15) is 56.3 Å². The molecule has 0 aromatic heterocycles. The third kappa shape index (κ3) is 8.59. The minimum Gasteiger partial charge on any atom is -0.378 e. The Balaban J connectivity index is 0.000000407. The van der Waals surface area contributed by atoms with Gasteiger partial charge in [0.1, 0.15) is 5.75 Å². The van der Waals surface area contributed by atoms with Gasteiger partial charge in [-0.1, -0.05) is 49.7 Å². The molecule has 0 aliphatic rings. The van der Waals surface area contributed by atoms with Gasteiger partial charge in [-0.3, -0.25) is 0 Å². The molecule has 3 aromatic rings. The van der Waals surface area contributed by atoms with Crippen molar-refractivity contribution in [2.75, 3.05) is 5.75 Å². The zero-order valence-electron chi connectivity index (χ0n) is 21.9. The molecular weight excluding hydrogens is 659 g/mol. The number of sulfone groups is 1. The Morgan fingerprint density at radius 1 is 0.651 bits per heavy atom. The standard InChI is InChI=1S/C14H13F9O5S2.C12H10S/c1-2-3-8-29(24,25)10-6-4-9(5-7-10)28-30(26,27)14(22,23)12(17,18)11(15,16)13(19,20)21;1-3-7-11(8-4-1)13-12-9-5-2-6-10-12/h4-7H,2-3,8H2,1H3;1-10H/p+1. The Labute approximate surface area is 246 Å². The first-order valence-corrected chi connectivity index (χ1v) is 15.9. The predicted molar refractivity (Wildman–Crippen MR) is 142 cm³/mol. The second-order valence-electron chi connectivity index (χ2n) is 8.63. The summed E-state index contributed by atoms with van der Waals surface area (Å²) < 4.78 is 166. The van der Waals surface area contributed by atoms with Crippen molar-refractivity contribution in [1.82, 2.24) is 0 Å². The van der Waals surface area contributed by atoms with Gasteiger partial charge in [-0.2, -0.15) is 47.9 Å². The van der Waals surface area contributed by atoms with Crippen LogP contribution in [0, 0.1) is 0 Å². The molecule has 3 aromatic carbocycles. The van der Waals surface area contributed by atoms with Gasteiger partial charge in [0.25, 0.3) is 0 Å². The molecule has 0 amide bonds. The molecular formula is C26H24F9O5S3+. The van der Waals surface area contributed by atoms with Gasteiger partial charge in [0, 0.05) is 11.8 Å². The molecule has 0 fully saturated rings. The van der Waals surface area contributed by atoms with Crippen molar-refractivity contribution in [3.8, 4) is 5.75 Å². The van der Waals surface area contributed by atoms with Crippen LogP contribution in [0.15, 0.2) is 99.6 Å². The Kier molecular flexibility index (Phi) is 11.6. The highest BCUT2D eigenvalue weighted by atomic mass is 32.2. The summed E-state index contributed by atoms with van der Waals surface area (Å²) in [5, 5.41) is -7.01. The smallest absolute Gasteiger partial charge is 0.378 e. The lowest BCUT2D eigenvalue weighted by Crippen LogP contribution is -2.63. The van der Waals surface area contributed by atoms with Crippen LogP contribution in [0.25, 0.3) is 0 Å². The summed E-state index contributed by atoms with van der Waals surface area (Å²) in [5.74, 6) is -16.4. The number of alkyl halides is 9. The third-order valence-corrected chi connectivity index (χ3v) is 9.58. The van der Waals surface area contributed by atoms with Crippen LogP contribution in [0.5, 0.6) is 5.75 Å². The lowest BCUT2D eigenvalue weighted by molar-refractivity contribution is -0.382. The molecule has 0 atom stereocenters. The number of hydrogen-bond donors (Lipinski definition) is 0. The average molecular weight is 684 g/mol. The minimum atomic E-state index is -7.43. The van der Waals surface area contributed by atoms with Gasteiger partial charge in [0.2, 0.25) is 0 Å². The van der Waals surface area contributed by atoms with E-state index >= 15 is 0 Å². The number of thiol groups is 1. The second kappa shape index (κ2) is 13.8. The molecule has 0 N–H and O–H groups in total. The number of rotatable bonds is 11. The number of benzene rings is 3. The van der Waals surface area contributed by atoms with Crippen LogP contribution in [0.2, 0.25) is 0 Å². The lowest BCUT2D eigenvalue weighted by atomic mass is 10.1. The zero-order valence-corrected chi connectivity index (χ0v) is 24.4. The Morgan fingerprint density at radius 3 is 1.49 bits per heavy atom. The van der Waals surface area contributed by atoms with Crippen LogP contribution in [-0.4, -0.2) is 45.9 Å². The molecule has 0 radical (unpaired) electrons. The maximum atomic E-state index is 13.6. The SMILES string of the molecule is CCCCS(=O)(=O)c1ccc(OS(=O)(=O)C(F)(F)C(F)(F)C(F)(F)C(F)(F)F)cc1.c1ccc([SH+]c2ccccc2)cc1. The topological polar surface area (TPSA) is 77.5 Å². The van der Waals surface area contributed by atoms with Crippen LogP contribution in [0.1, 0.15) is 19.8 Å². The Bertz CT molecular complexity index is 1490. The molecule has 3 rings (SSSR count). The first-order chi connectivity index (χ1) is 19.7. The summed E-state index contributed by atoms with van der Waals surface area (Å²) in [4.78, 5) is 2.25. The highest BCUT2D eigenvalue weighted by molar-refractivity contribution is 7.91. The quantitative estimate of drug-likeness (QED) is 0.0917. The summed E-state index contributed by atoms with van der Waals surface area (Å²) in [6.45, 7) is 1.68. The number of halogens is 9. The fourth-order valence-electron chi connectivity index (χ4n) is 3.01. The summed E-state index contributed by atoms with van der Waals surface area (Å²) in [7, 11) is -11.0. The van der Waals surface area contributed by atoms with Crippen LogP contribution in [0.4, 0.5) is 39.5 Å². The van der Waals surface area contributed by atoms with E-state index in [1.54, 1.807) is 6.92 Å². The molecule has 0 saturated heterocycles. The maximum absolute atomic E-state index is 13.6. The van der Waals surface area contributed by atoms with Gasteiger partial charge in [0.05, 0.1) is 10.6 Å². The summed E-state index contributed by atoms with van der Waals surface area (Å²) in [5.41, 5.74) is 0. The van der Waals surface area contributed by atoms with Crippen LogP contribution in [-0.2, 0) is 31.7 Å². The zero-order chi connectivity index (χ0) is 32.7. The van der Waals surface area contributed by atoms with Crippen molar-refractivity contribution >= 4 is 31.7 Å². The molecule has 238 valence electrons. The average Bonchev–Trinajstić information content (AvgIpc) is 2.92. The highest BCUT2D eigenvalue weighted by Gasteiger charge is 2.86. The molecule has 0 aliphatic heterocycles. The molecule has 0 spiro atoms. The number of hydrogen-bond acceptors (Lipinski definition) is 5. The van der Waals surface area contributed by atoms with Crippen molar-refractivity contribution in [2.24, 2.45) is 0 Å². The summed E-state index contributed by atoms with van der Waals surface area (Å²) in [6.07, 6.45) is -6.47. The third-order valence-electron chi connectivity index (χ3n) is 5.36. The second-order valence-corrected chi connectivity index (χ2v) is 13.6. The fraction of sp³-hybridized carbons (Fsp3) is 0.308. The molecule has 5 nitrogen and oxygen atoms in total. The highest BCUT2D eigenvalue weighted by Crippen LogP contribution is 2.55. The molecule has 43 heavy (non-hydrogen) atoms. The molecule has 17 heteroatoms. The van der Waals surface area contributed by atoms with E-state index in [1.807, 2.05) is 12.1 Å². The van der Waals surface area contributed by atoms with Crippen LogP contribution < -0.4 is 4.18 Å². The lowest BCUT2D eigenvalue weighted by Gasteiger charge is -2.32. The molecule has 0 unspecified atom stereocenters. The van der Waals surface area contributed by atoms with Crippen molar-refractivity contribution in [1.29, 1.82) is 0 Å². The summed E-state index contributed by atoms with van der Waals surface area (Å²) >= 11 is 1.28. The van der Waals surface area contributed by atoms with Gasteiger partial charge in [-0.25, -0.2) is 8.42 Å². The van der Waals surface area contributed by atoms with Crippen LogP contribution >= 0.6 is 0 Å². The van der Waals surface area contributed by atoms with Gasteiger partial charge in [-0.05, 0) is 55.0 Å². The van der Waals surface area contributed by atoms with E-state index in [-0.39, 0.29) is 12.2 Å². The first kappa shape index (κ1) is 36.3. The van der Waals surface area contributed by atoms with E-state index < -0.39 is 53.9 Å². The Hall–Kier alpha value is -2.92. The van der Waals surface area contributed by atoms with Crippen molar-refractivity contribution < 1.29 is 60.5 Å². The minimum absolute atomic E-state index is 0.240. The Morgan fingerprint density at radius 2 is 1.09 bits per heavy atom. The van der Waals surface area contributed by atoms with E-state index in [1.165, 1.54) is 21.6 Å². The molecule has 0 heterocycles. The van der Waals surface area contributed by atoms with Crippen molar-refractivity contribution in [2.45, 2.75) is 57.7 Å². The predicted octanol–water partition coefficient (Wildman–Crippen LogP) is 7.31. The number of unbranched alkanes of at least 4 members (excludes halogenated alkanes) is 1. The van der Waals surface area contributed by atoms with E-state index in [2.05, 4.69) is 52.7 Å². The van der Waals surface area contributed by atoms with Crippen LogP contribution in [0.3, 0.4) is 0 Å². The van der Waals surface area contributed by atoms with E-state index in [4.69, 9.17) is 0 Å². The molecule has 0 bridgehead atoms. The molecule has 0 saturated carbocycles. The monoisotopic (exact) mass is 683 g/mol. The van der Waals surface area contributed by atoms with Crippen molar-refractivity contribution in [3.05, 3.63) is 84.9 Å². The van der Waals surface area contributed by atoms with Gasteiger partial charge >= 0.3 is 33.4 Å². The van der Waals surface area contributed by atoms with Gasteiger partial charge < -0.3 is 4.18 Å². The van der Waals surface area contributed by atoms with Gasteiger partial charge in [0.15, 0.2) is 19.6 Å². The largest absolute Gasteiger partial charge is 0.460 e. The normalized spacial score (nSPS) is 13.2.